The fourth-order valence-electron chi connectivity index (χ4n) is 2.46. The van der Waals surface area contributed by atoms with E-state index in [0.29, 0.717) is 11.6 Å². The molecule has 5 nitrogen and oxygen atoms in total. The van der Waals surface area contributed by atoms with Gasteiger partial charge >= 0.3 is 0 Å². The highest BCUT2D eigenvalue weighted by molar-refractivity contribution is 6.31. The van der Waals surface area contributed by atoms with E-state index >= 15 is 0 Å². The largest absolute Gasteiger partial charge is 0.347 e. The van der Waals surface area contributed by atoms with Gasteiger partial charge in [0.05, 0.1) is 0 Å². The summed E-state index contributed by atoms with van der Waals surface area (Å²) in [7, 11) is 0. The number of hydrogen-bond acceptors (Lipinski definition) is 3. The number of hydrogen-bond donors (Lipinski definition) is 2. The fraction of sp³-hybridized carbons (Fsp3) is 0.0952. The number of carbonyl (C=O) groups is 2. The number of aromatic nitrogens is 1. The van der Waals surface area contributed by atoms with E-state index in [0.717, 1.165) is 11.1 Å². The molecule has 0 radical (unpaired) electrons. The third kappa shape index (κ3) is 5.15. The molecular weight excluding hydrogens is 362 g/mol. The van der Waals surface area contributed by atoms with Gasteiger partial charge in [0, 0.05) is 18.1 Å². The summed E-state index contributed by atoms with van der Waals surface area (Å²) in [5.74, 6) is -0.702. The molecule has 1 heterocycles. The third-order valence-electron chi connectivity index (χ3n) is 3.91. The van der Waals surface area contributed by atoms with Crippen molar-refractivity contribution in [3.63, 3.8) is 0 Å². The second-order valence-electron chi connectivity index (χ2n) is 5.85. The number of benzene rings is 2. The molecular formula is C21H18ClN3O2. The van der Waals surface area contributed by atoms with E-state index in [-0.39, 0.29) is 29.7 Å². The van der Waals surface area contributed by atoms with Crippen LogP contribution < -0.4 is 10.6 Å². The number of nitrogens with zero attached hydrogens (tertiary/aromatic N) is 1. The molecule has 6 heteroatoms. The number of pyridine rings is 1. The van der Waals surface area contributed by atoms with Crippen molar-refractivity contribution in [3.05, 3.63) is 100 Å². The SMILES string of the molecule is O=C(NCc1ccccc1)c1cccc(C(=O)NCc2ccccc2Cl)n1. The van der Waals surface area contributed by atoms with E-state index in [4.69, 9.17) is 11.6 Å². The minimum Gasteiger partial charge on any atom is -0.347 e. The van der Waals surface area contributed by atoms with Gasteiger partial charge in [-0.1, -0.05) is 66.2 Å². The van der Waals surface area contributed by atoms with Crippen LogP contribution >= 0.6 is 11.6 Å². The van der Waals surface area contributed by atoms with Crippen molar-refractivity contribution < 1.29 is 9.59 Å². The maximum Gasteiger partial charge on any atom is 0.270 e. The Balaban J connectivity index is 1.61. The molecule has 0 aliphatic heterocycles. The van der Waals surface area contributed by atoms with Crippen LogP contribution in [0.4, 0.5) is 0 Å². The van der Waals surface area contributed by atoms with Crippen molar-refractivity contribution in [1.82, 2.24) is 15.6 Å². The lowest BCUT2D eigenvalue weighted by molar-refractivity contribution is 0.0941. The first-order valence-corrected chi connectivity index (χ1v) is 8.82. The van der Waals surface area contributed by atoms with Gasteiger partial charge in [0.25, 0.3) is 11.8 Å². The first kappa shape index (κ1) is 18.6. The molecule has 136 valence electrons. The topological polar surface area (TPSA) is 71.1 Å². The quantitative estimate of drug-likeness (QED) is 0.687. The summed E-state index contributed by atoms with van der Waals surface area (Å²) in [4.78, 5) is 28.8. The summed E-state index contributed by atoms with van der Waals surface area (Å²) in [5, 5.41) is 6.14. The Hall–Kier alpha value is -3.18. The minimum atomic E-state index is -0.368. The number of carbonyl (C=O) groups excluding carboxylic acids is 2. The van der Waals surface area contributed by atoms with Crippen LogP contribution in [0.2, 0.25) is 5.02 Å². The normalized spacial score (nSPS) is 10.3. The van der Waals surface area contributed by atoms with Crippen molar-refractivity contribution in [2.75, 3.05) is 0 Å². The molecule has 0 aliphatic rings. The van der Waals surface area contributed by atoms with Gasteiger partial charge in [0.1, 0.15) is 11.4 Å². The molecule has 0 spiro atoms. The zero-order chi connectivity index (χ0) is 19.1. The number of amides is 2. The van der Waals surface area contributed by atoms with Crippen molar-refractivity contribution in [2.45, 2.75) is 13.1 Å². The van der Waals surface area contributed by atoms with Crippen molar-refractivity contribution in [2.24, 2.45) is 0 Å². The summed E-state index contributed by atoms with van der Waals surface area (Å²) in [6, 6.07) is 21.6. The van der Waals surface area contributed by atoms with Crippen LogP contribution in [0, 0.1) is 0 Å². The van der Waals surface area contributed by atoms with E-state index < -0.39 is 0 Å². The van der Waals surface area contributed by atoms with Gasteiger partial charge < -0.3 is 10.6 Å². The van der Waals surface area contributed by atoms with Gasteiger partial charge in [-0.3, -0.25) is 9.59 Å². The molecule has 0 fully saturated rings. The van der Waals surface area contributed by atoms with E-state index in [1.54, 1.807) is 24.3 Å². The van der Waals surface area contributed by atoms with Gasteiger partial charge in [-0.05, 0) is 29.3 Å². The highest BCUT2D eigenvalue weighted by Crippen LogP contribution is 2.14. The van der Waals surface area contributed by atoms with Gasteiger partial charge in [0.2, 0.25) is 0 Å². The number of rotatable bonds is 6. The Kier molecular flexibility index (Phi) is 6.18. The van der Waals surface area contributed by atoms with E-state index in [1.165, 1.54) is 0 Å². The molecule has 0 aliphatic carbocycles. The maximum absolute atomic E-state index is 12.3. The summed E-state index contributed by atoms with van der Waals surface area (Å²) in [6.07, 6.45) is 0. The molecule has 27 heavy (non-hydrogen) atoms. The predicted molar refractivity (Wildman–Crippen MR) is 104 cm³/mol. The van der Waals surface area contributed by atoms with Crippen LogP contribution in [0.25, 0.3) is 0 Å². The molecule has 1 aromatic heterocycles. The van der Waals surface area contributed by atoms with Crippen LogP contribution in [-0.4, -0.2) is 16.8 Å². The lowest BCUT2D eigenvalue weighted by Crippen LogP contribution is -2.27. The Bertz CT molecular complexity index is 945. The summed E-state index contributed by atoms with van der Waals surface area (Å²) < 4.78 is 0. The second-order valence-corrected chi connectivity index (χ2v) is 6.26. The molecule has 0 unspecified atom stereocenters. The number of nitrogens with one attached hydrogen (secondary N) is 2. The molecule has 3 aromatic rings. The predicted octanol–water partition coefficient (Wildman–Crippen LogP) is 3.60. The average molecular weight is 380 g/mol. The Morgan fingerprint density at radius 2 is 1.33 bits per heavy atom. The molecule has 0 saturated carbocycles. The maximum atomic E-state index is 12.3. The van der Waals surface area contributed by atoms with Gasteiger partial charge in [-0.2, -0.15) is 0 Å². The monoisotopic (exact) mass is 379 g/mol. The van der Waals surface area contributed by atoms with Gasteiger partial charge in [0.15, 0.2) is 0 Å². The number of halogens is 1. The molecule has 2 aromatic carbocycles. The third-order valence-corrected chi connectivity index (χ3v) is 4.28. The minimum absolute atomic E-state index is 0.175. The second kappa shape index (κ2) is 8.96. The zero-order valence-electron chi connectivity index (χ0n) is 14.5. The van der Waals surface area contributed by atoms with Gasteiger partial charge in [-0.25, -0.2) is 4.98 Å². The average Bonchev–Trinajstić information content (AvgIpc) is 2.72. The highest BCUT2D eigenvalue weighted by Gasteiger charge is 2.12. The standard InChI is InChI=1S/C21H18ClN3O2/c22-17-10-5-4-9-16(17)14-24-21(27)19-12-6-11-18(25-19)20(26)23-13-15-7-2-1-3-8-15/h1-12H,13-14H2,(H,23,26)(H,24,27). The Morgan fingerprint density at radius 3 is 2.00 bits per heavy atom. The smallest absolute Gasteiger partial charge is 0.270 e. The Labute approximate surface area is 162 Å². The summed E-state index contributed by atoms with van der Waals surface area (Å²) in [6.45, 7) is 0.675. The Morgan fingerprint density at radius 1 is 0.741 bits per heavy atom. The van der Waals surface area contributed by atoms with Crippen molar-refractivity contribution in [1.29, 1.82) is 0 Å². The van der Waals surface area contributed by atoms with Crippen LogP contribution in [0.5, 0.6) is 0 Å². The van der Waals surface area contributed by atoms with Crippen LogP contribution in [-0.2, 0) is 13.1 Å². The first-order chi connectivity index (χ1) is 13.1. The molecule has 0 atom stereocenters. The van der Waals surface area contributed by atoms with Crippen LogP contribution in [0.15, 0.2) is 72.8 Å². The fourth-order valence-corrected chi connectivity index (χ4v) is 2.67. The summed E-state index contributed by atoms with van der Waals surface area (Å²) >= 11 is 6.09. The van der Waals surface area contributed by atoms with Crippen molar-refractivity contribution >= 4 is 23.4 Å². The van der Waals surface area contributed by atoms with Gasteiger partial charge in [-0.15, -0.1) is 0 Å². The highest BCUT2D eigenvalue weighted by atomic mass is 35.5. The molecule has 2 amide bonds. The lowest BCUT2D eigenvalue weighted by Gasteiger charge is -2.08. The lowest BCUT2D eigenvalue weighted by atomic mass is 10.2. The molecule has 2 N–H and O–H groups in total. The van der Waals surface area contributed by atoms with Crippen molar-refractivity contribution in [3.8, 4) is 0 Å². The van der Waals surface area contributed by atoms with Crippen LogP contribution in [0.1, 0.15) is 32.1 Å². The molecule has 3 rings (SSSR count). The summed E-state index contributed by atoms with van der Waals surface area (Å²) in [5.41, 5.74) is 2.16. The van der Waals surface area contributed by atoms with E-state index in [9.17, 15) is 9.59 Å². The van der Waals surface area contributed by atoms with E-state index in [1.807, 2.05) is 48.5 Å². The molecule has 0 saturated heterocycles. The van der Waals surface area contributed by atoms with E-state index in [2.05, 4.69) is 15.6 Å². The zero-order valence-corrected chi connectivity index (χ0v) is 15.2. The van der Waals surface area contributed by atoms with Crippen LogP contribution in [0.3, 0.4) is 0 Å². The first-order valence-electron chi connectivity index (χ1n) is 8.44. The molecule has 0 bridgehead atoms.